The normalized spacial score (nSPS) is 11.2. The summed E-state index contributed by atoms with van der Waals surface area (Å²) in [6.45, 7) is 3.34. The second kappa shape index (κ2) is 9.53. The maximum atomic E-state index is 12.7. The number of aryl methyl sites for hydroxylation is 1. The molecule has 0 fully saturated rings. The second-order valence-electron chi connectivity index (χ2n) is 7.41. The van der Waals surface area contributed by atoms with Crippen LogP contribution in [0.1, 0.15) is 21.6 Å². The predicted octanol–water partition coefficient (Wildman–Crippen LogP) is 5.04. The van der Waals surface area contributed by atoms with Crippen molar-refractivity contribution in [3.05, 3.63) is 100 Å². The first-order valence-electron chi connectivity index (χ1n) is 10.1. The lowest BCUT2D eigenvalue weighted by molar-refractivity contribution is -0.125. The lowest BCUT2D eigenvalue weighted by Crippen LogP contribution is -2.23. The topological polar surface area (TPSA) is 51.0 Å². The van der Waals surface area contributed by atoms with Crippen molar-refractivity contribution < 1.29 is 4.79 Å². The van der Waals surface area contributed by atoms with Gasteiger partial charge in [0.15, 0.2) is 0 Å². The van der Waals surface area contributed by atoms with Gasteiger partial charge in [-0.25, -0.2) is 0 Å². The minimum Gasteiger partial charge on any atom is -0.337 e. The number of pyridine rings is 1. The summed E-state index contributed by atoms with van der Waals surface area (Å²) in [4.78, 5) is 19.9. The fourth-order valence-corrected chi connectivity index (χ4v) is 4.24. The zero-order chi connectivity index (χ0) is 21.6. The van der Waals surface area contributed by atoms with Crippen molar-refractivity contribution in [2.24, 2.45) is 0 Å². The van der Waals surface area contributed by atoms with Gasteiger partial charge < -0.3 is 4.90 Å². The Balaban J connectivity index is 1.57. The van der Waals surface area contributed by atoms with Gasteiger partial charge in [0.05, 0.1) is 13.1 Å². The first-order valence-corrected chi connectivity index (χ1v) is 11.0. The summed E-state index contributed by atoms with van der Waals surface area (Å²) >= 11 is 1.68. The Morgan fingerprint density at radius 3 is 2.71 bits per heavy atom. The first-order chi connectivity index (χ1) is 15.1. The molecule has 0 spiro atoms. The molecule has 0 aliphatic carbocycles. The van der Waals surface area contributed by atoms with Crippen molar-refractivity contribution >= 4 is 23.3 Å². The number of carbonyl (C=O) groups excluding carboxylic acids is 1. The fraction of sp³-hybridized carbons (Fsp3) is 0.160. The van der Waals surface area contributed by atoms with Crippen LogP contribution in [-0.2, 0) is 17.9 Å². The quantitative estimate of drug-likeness (QED) is 0.388. The Morgan fingerprint density at radius 2 is 2.00 bits per heavy atom. The maximum absolute atomic E-state index is 12.7. The van der Waals surface area contributed by atoms with Gasteiger partial charge in [0.1, 0.15) is 5.69 Å². The predicted molar refractivity (Wildman–Crippen MR) is 126 cm³/mol. The molecule has 1 amide bonds. The van der Waals surface area contributed by atoms with Crippen LogP contribution in [-0.4, -0.2) is 32.6 Å². The minimum absolute atomic E-state index is 0.0410. The number of nitrogens with zero attached hydrogens (tertiary/aromatic N) is 4. The molecule has 0 aliphatic heterocycles. The van der Waals surface area contributed by atoms with Crippen LogP contribution in [0, 0.1) is 6.92 Å². The molecule has 6 heteroatoms. The number of aromatic nitrogens is 3. The van der Waals surface area contributed by atoms with E-state index < -0.39 is 0 Å². The molecule has 5 nitrogen and oxygen atoms in total. The summed E-state index contributed by atoms with van der Waals surface area (Å²) in [5, 5.41) is 6.83. The van der Waals surface area contributed by atoms with Crippen LogP contribution >= 0.6 is 11.3 Å². The van der Waals surface area contributed by atoms with Gasteiger partial charge in [-0.2, -0.15) is 5.10 Å². The molecule has 0 saturated carbocycles. The average Bonchev–Trinajstić information content (AvgIpc) is 3.39. The van der Waals surface area contributed by atoms with E-state index in [0.29, 0.717) is 13.1 Å². The van der Waals surface area contributed by atoms with Crippen LogP contribution < -0.4 is 0 Å². The molecule has 0 radical (unpaired) electrons. The fourth-order valence-electron chi connectivity index (χ4n) is 3.29. The van der Waals surface area contributed by atoms with E-state index in [0.717, 1.165) is 16.8 Å². The summed E-state index contributed by atoms with van der Waals surface area (Å²) in [5.74, 6) is -0.0410. The zero-order valence-corrected chi connectivity index (χ0v) is 18.4. The van der Waals surface area contributed by atoms with Gasteiger partial charge in [0.25, 0.3) is 0 Å². The molecule has 0 aliphatic rings. The van der Waals surface area contributed by atoms with E-state index in [2.05, 4.69) is 35.5 Å². The van der Waals surface area contributed by atoms with Crippen molar-refractivity contribution in [2.45, 2.75) is 20.0 Å². The second-order valence-corrected chi connectivity index (χ2v) is 8.41. The van der Waals surface area contributed by atoms with Crippen molar-refractivity contribution in [3.8, 4) is 11.3 Å². The largest absolute Gasteiger partial charge is 0.337 e. The van der Waals surface area contributed by atoms with Crippen LogP contribution in [0.25, 0.3) is 17.3 Å². The van der Waals surface area contributed by atoms with E-state index in [4.69, 9.17) is 5.10 Å². The number of carbonyl (C=O) groups is 1. The smallest absolute Gasteiger partial charge is 0.246 e. The Morgan fingerprint density at radius 1 is 1.16 bits per heavy atom. The van der Waals surface area contributed by atoms with Crippen molar-refractivity contribution in [1.29, 1.82) is 0 Å². The summed E-state index contributed by atoms with van der Waals surface area (Å²) in [5.41, 5.74) is 5.00. The zero-order valence-electron chi connectivity index (χ0n) is 17.6. The molecule has 3 heterocycles. The maximum Gasteiger partial charge on any atom is 0.246 e. The molecule has 0 unspecified atom stereocenters. The van der Waals surface area contributed by atoms with Gasteiger partial charge in [-0.3, -0.25) is 14.5 Å². The highest BCUT2D eigenvalue weighted by molar-refractivity contribution is 7.10. The van der Waals surface area contributed by atoms with Crippen LogP contribution in [0.3, 0.4) is 0 Å². The van der Waals surface area contributed by atoms with Gasteiger partial charge in [-0.1, -0.05) is 30.3 Å². The van der Waals surface area contributed by atoms with Crippen LogP contribution in [0.4, 0.5) is 0 Å². The highest BCUT2D eigenvalue weighted by atomic mass is 32.1. The Hall–Kier alpha value is -3.51. The van der Waals surface area contributed by atoms with Crippen molar-refractivity contribution in [2.75, 3.05) is 7.05 Å². The third-order valence-corrected chi connectivity index (χ3v) is 6.05. The number of thiophene rings is 1. The highest BCUT2D eigenvalue weighted by Crippen LogP contribution is 2.23. The number of amides is 1. The Kier molecular flexibility index (Phi) is 6.38. The van der Waals surface area contributed by atoms with Crippen LogP contribution in [0.5, 0.6) is 0 Å². The molecular formula is C25H24N4OS. The van der Waals surface area contributed by atoms with Crippen LogP contribution in [0.15, 0.2) is 78.6 Å². The third-order valence-electron chi connectivity index (χ3n) is 5.04. The Bertz CT molecular complexity index is 1180. The summed E-state index contributed by atoms with van der Waals surface area (Å²) in [6.07, 6.45) is 8.97. The van der Waals surface area contributed by atoms with E-state index in [9.17, 15) is 4.79 Å². The van der Waals surface area contributed by atoms with Crippen molar-refractivity contribution in [1.82, 2.24) is 19.7 Å². The van der Waals surface area contributed by atoms with Gasteiger partial charge in [0.2, 0.25) is 5.91 Å². The van der Waals surface area contributed by atoms with Crippen molar-refractivity contribution in [3.63, 3.8) is 0 Å². The third kappa shape index (κ3) is 5.16. The molecule has 0 bridgehead atoms. The van der Waals surface area contributed by atoms with Gasteiger partial charge >= 0.3 is 0 Å². The highest BCUT2D eigenvalue weighted by Gasteiger charge is 2.12. The first kappa shape index (κ1) is 20.8. The lowest BCUT2D eigenvalue weighted by atomic mass is 10.1. The number of rotatable bonds is 7. The average molecular weight is 429 g/mol. The number of likely N-dealkylation sites (N-methyl/N-ethyl adjacent to an activating group) is 1. The number of hydrogen-bond donors (Lipinski definition) is 0. The molecule has 156 valence electrons. The van der Waals surface area contributed by atoms with Crippen LogP contribution in [0.2, 0.25) is 0 Å². The summed E-state index contributed by atoms with van der Waals surface area (Å²) in [7, 11) is 1.83. The van der Waals surface area contributed by atoms with E-state index in [1.807, 2.05) is 54.3 Å². The van der Waals surface area contributed by atoms with E-state index in [1.165, 1.54) is 16.0 Å². The molecule has 4 rings (SSSR count). The minimum atomic E-state index is -0.0410. The standard InChI is InChI=1S/C25H24N4OS/c1-19-12-14-31-23(19)18-28(2)24(30)11-10-22-17-29(16-20-7-4-3-5-8-20)27-25(22)21-9-6-13-26-15-21/h3-15,17H,16,18H2,1-2H3/b11-10+. The van der Waals surface area contributed by atoms with E-state index in [-0.39, 0.29) is 5.91 Å². The molecule has 1 aromatic carbocycles. The lowest BCUT2D eigenvalue weighted by Gasteiger charge is -2.14. The van der Waals surface area contributed by atoms with Gasteiger partial charge in [-0.05, 0) is 47.7 Å². The van der Waals surface area contributed by atoms with E-state index >= 15 is 0 Å². The van der Waals surface area contributed by atoms with E-state index in [1.54, 1.807) is 34.7 Å². The van der Waals surface area contributed by atoms with Gasteiger partial charge in [0, 0.05) is 47.7 Å². The molecular weight excluding hydrogens is 404 g/mol. The summed E-state index contributed by atoms with van der Waals surface area (Å²) in [6, 6.07) is 16.1. The SMILES string of the molecule is Cc1ccsc1CN(C)C(=O)/C=C/c1cn(Cc2ccccc2)nc1-c1cccnc1. The molecule has 0 atom stereocenters. The molecule has 0 N–H and O–H groups in total. The van der Waals surface area contributed by atoms with Gasteiger partial charge in [-0.15, -0.1) is 11.3 Å². The molecule has 0 saturated heterocycles. The monoisotopic (exact) mass is 428 g/mol. The Labute approximate surface area is 186 Å². The number of benzene rings is 1. The molecule has 4 aromatic rings. The number of hydrogen-bond acceptors (Lipinski definition) is 4. The molecule has 3 aromatic heterocycles. The molecule has 31 heavy (non-hydrogen) atoms. The summed E-state index contributed by atoms with van der Waals surface area (Å²) < 4.78 is 1.90.